The van der Waals surface area contributed by atoms with Crippen molar-refractivity contribution < 1.29 is 4.92 Å². The molecule has 2 rings (SSSR count). The second-order valence-electron chi connectivity index (χ2n) is 3.88. The first-order valence-corrected chi connectivity index (χ1v) is 4.86. The summed E-state index contributed by atoms with van der Waals surface area (Å²) in [5, 5.41) is 10.4. The monoisotopic (exact) mass is 207 g/mol. The quantitative estimate of drug-likeness (QED) is 0.586. The van der Waals surface area contributed by atoms with Crippen molar-refractivity contribution in [2.24, 2.45) is 5.73 Å². The van der Waals surface area contributed by atoms with Crippen LogP contribution in [0, 0.1) is 10.1 Å². The normalized spacial score (nSPS) is 17.4. The van der Waals surface area contributed by atoms with Gasteiger partial charge in [0.25, 0.3) is 5.69 Å². The van der Waals surface area contributed by atoms with Crippen LogP contribution in [0.4, 0.5) is 5.69 Å². The molecule has 2 N–H and O–H groups in total. The van der Waals surface area contributed by atoms with E-state index in [1.54, 1.807) is 12.1 Å². The summed E-state index contributed by atoms with van der Waals surface area (Å²) < 4.78 is 0. The van der Waals surface area contributed by atoms with Gasteiger partial charge in [-0.3, -0.25) is 15.0 Å². The lowest BCUT2D eigenvalue weighted by Crippen LogP contribution is -2.54. The summed E-state index contributed by atoms with van der Waals surface area (Å²) in [7, 11) is 0. The van der Waals surface area contributed by atoms with Crippen molar-refractivity contribution in [1.82, 2.24) is 4.90 Å². The summed E-state index contributed by atoms with van der Waals surface area (Å²) in [4.78, 5) is 12.3. The van der Waals surface area contributed by atoms with Gasteiger partial charge in [-0.2, -0.15) is 0 Å². The standard InChI is InChI=1S/C10H13N3O2/c11-9-6-12(7-9)5-8-1-3-10(4-2-8)13(14)15/h1-4,9H,5-7,11H2. The second kappa shape index (κ2) is 3.96. The first-order chi connectivity index (χ1) is 7.15. The fourth-order valence-electron chi connectivity index (χ4n) is 1.72. The third kappa shape index (κ3) is 2.31. The smallest absolute Gasteiger partial charge is 0.269 e. The molecule has 1 aromatic carbocycles. The molecule has 80 valence electrons. The minimum Gasteiger partial charge on any atom is -0.325 e. The molecule has 5 heteroatoms. The molecule has 0 amide bonds. The van der Waals surface area contributed by atoms with E-state index in [1.165, 1.54) is 12.1 Å². The molecule has 0 saturated carbocycles. The van der Waals surface area contributed by atoms with Gasteiger partial charge in [0.1, 0.15) is 0 Å². The van der Waals surface area contributed by atoms with Crippen molar-refractivity contribution in [2.45, 2.75) is 12.6 Å². The number of benzene rings is 1. The lowest BCUT2D eigenvalue weighted by atomic mass is 10.1. The second-order valence-corrected chi connectivity index (χ2v) is 3.88. The maximum absolute atomic E-state index is 10.4. The van der Waals surface area contributed by atoms with Crippen LogP contribution in [-0.2, 0) is 6.54 Å². The van der Waals surface area contributed by atoms with Crippen LogP contribution >= 0.6 is 0 Å². The highest BCUT2D eigenvalue weighted by Crippen LogP contribution is 2.15. The molecule has 0 unspecified atom stereocenters. The first kappa shape index (κ1) is 10.1. The summed E-state index contributed by atoms with van der Waals surface area (Å²) in [6, 6.07) is 6.96. The van der Waals surface area contributed by atoms with Crippen molar-refractivity contribution in [2.75, 3.05) is 13.1 Å². The van der Waals surface area contributed by atoms with Crippen molar-refractivity contribution in [1.29, 1.82) is 0 Å². The SMILES string of the molecule is NC1CN(Cc2ccc([N+](=O)[O-])cc2)C1. The Balaban J connectivity index is 1.95. The first-order valence-electron chi connectivity index (χ1n) is 4.86. The molecule has 5 nitrogen and oxygen atoms in total. The van der Waals surface area contributed by atoms with Crippen LogP contribution in [0.1, 0.15) is 5.56 Å². The average molecular weight is 207 g/mol. The van der Waals surface area contributed by atoms with E-state index in [2.05, 4.69) is 4.90 Å². The predicted molar refractivity (Wildman–Crippen MR) is 56.3 cm³/mol. The van der Waals surface area contributed by atoms with E-state index in [0.29, 0.717) is 6.04 Å². The van der Waals surface area contributed by atoms with E-state index in [0.717, 1.165) is 25.2 Å². The largest absolute Gasteiger partial charge is 0.325 e. The lowest BCUT2D eigenvalue weighted by molar-refractivity contribution is -0.384. The highest BCUT2D eigenvalue weighted by molar-refractivity contribution is 5.32. The number of hydrogen-bond acceptors (Lipinski definition) is 4. The number of hydrogen-bond donors (Lipinski definition) is 1. The van der Waals surface area contributed by atoms with E-state index < -0.39 is 0 Å². The molecule has 0 atom stereocenters. The fourth-order valence-corrected chi connectivity index (χ4v) is 1.72. The molecule has 0 bridgehead atoms. The number of nitro benzene ring substituents is 1. The number of nitrogens with two attached hydrogens (primary N) is 1. The van der Waals surface area contributed by atoms with E-state index in [4.69, 9.17) is 5.73 Å². The Labute approximate surface area is 87.6 Å². The van der Waals surface area contributed by atoms with Crippen LogP contribution in [0.5, 0.6) is 0 Å². The highest BCUT2D eigenvalue weighted by Gasteiger charge is 2.22. The number of nitro groups is 1. The number of non-ortho nitro benzene ring substituents is 1. The molecule has 1 fully saturated rings. The molecule has 1 aliphatic heterocycles. The van der Waals surface area contributed by atoms with Crippen LogP contribution < -0.4 is 5.73 Å². The van der Waals surface area contributed by atoms with E-state index in [9.17, 15) is 10.1 Å². The molecule has 1 aliphatic rings. The summed E-state index contributed by atoms with van der Waals surface area (Å²) in [5.74, 6) is 0. The van der Waals surface area contributed by atoms with Crippen LogP contribution in [0.25, 0.3) is 0 Å². The van der Waals surface area contributed by atoms with Gasteiger partial charge in [-0.1, -0.05) is 12.1 Å². The average Bonchev–Trinajstić information content (AvgIpc) is 2.16. The predicted octanol–water partition coefficient (Wildman–Crippen LogP) is 0.738. The van der Waals surface area contributed by atoms with E-state index in [-0.39, 0.29) is 10.6 Å². The zero-order valence-corrected chi connectivity index (χ0v) is 8.30. The Bertz CT molecular complexity index is 357. The molecule has 0 spiro atoms. The molecule has 0 aliphatic carbocycles. The van der Waals surface area contributed by atoms with Gasteiger partial charge in [0.2, 0.25) is 0 Å². The summed E-state index contributed by atoms with van der Waals surface area (Å²) >= 11 is 0. The zero-order chi connectivity index (χ0) is 10.8. The van der Waals surface area contributed by atoms with Crippen molar-refractivity contribution in [3.8, 4) is 0 Å². The molecule has 0 aromatic heterocycles. The van der Waals surface area contributed by atoms with Gasteiger partial charge in [-0.15, -0.1) is 0 Å². The molecule has 1 heterocycles. The van der Waals surface area contributed by atoms with Crippen LogP contribution in [-0.4, -0.2) is 29.0 Å². The third-order valence-corrected chi connectivity index (χ3v) is 2.54. The topological polar surface area (TPSA) is 72.4 Å². The van der Waals surface area contributed by atoms with Crippen molar-refractivity contribution in [3.05, 3.63) is 39.9 Å². The summed E-state index contributed by atoms with van der Waals surface area (Å²) in [6.07, 6.45) is 0. The summed E-state index contributed by atoms with van der Waals surface area (Å²) in [5.41, 5.74) is 6.88. The van der Waals surface area contributed by atoms with Gasteiger partial charge in [-0.05, 0) is 5.56 Å². The maximum Gasteiger partial charge on any atom is 0.269 e. The Morgan fingerprint density at radius 1 is 1.40 bits per heavy atom. The Hall–Kier alpha value is -1.46. The molecule has 15 heavy (non-hydrogen) atoms. The molecular formula is C10H13N3O2. The Kier molecular flexibility index (Phi) is 2.66. The molecule has 0 radical (unpaired) electrons. The van der Waals surface area contributed by atoms with E-state index in [1.807, 2.05) is 0 Å². The van der Waals surface area contributed by atoms with Gasteiger partial charge in [0.05, 0.1) is 4.92 Å². The van der Waals surface area contributed by atoms with Crippen LogP contribution in [0.3, 0.4) is 0 Å². The zero-order valence-electron chi connectivity index (χ0n) is 8.30. The fraction of sp³-hybridized carbons (Fsp3) is 0.400. The van der Waals surface area contributed by atoms with Gasteiger partial charge >= 0.3 is 0 Å². The minimum atomic E-state index is -0.386. The number of likely N-dealkylation sites (tertiary alicyclic amines) is 1. The van der Waals surface area contributed by atoms with Crippen LogP contribution in [0.15, 0.2) is 24.3 Å². The van der Waals surface area contributed by atoms with Crippen molar-refractivity contribution in [3.63, 3.8) is 0 Å². The van der Waals surface area contributed by atoms with Gasteiger partial charge < -0.3 is 5.73 Å². The third-order valence-electron chi connectivity index (χ3n) is 2.54. The summed E-state index contributed by atoms with van der Waals surface area (Å²) in [6.45, 7) is 2.65. The van der Waals surface area contributed by atoms with E-state index >= 15 is 0 Å². The lowest BCUT2D eigenvalue weighted by Gasteiger charge is -2.36. The highest BCUT2D eigenvalue weighted by atomic mass is 16.6. The Morgan fingerprint density at radius 3 is 2.47 bits per heavy atom. The van der Waals surface area contributed by atoms with Gasteiger partial charge in [0.15, 0.2) is 0 Å². The molecule has 1 aromatic rings. The van der Waals surface area contributed by atoms with Crippen molar-refractivity contribution >= 4 is 5.69 Å². The number of nitrogens with zero attached hydrogens (tertiary/aromatic N) is 2. The van der Waals surface area contributed by atoms with Gasteiger partial charge in [-0.25, -0.2) is 0 Å². The van der Waals surface area contributed by atoms with Gasteiger partial charge in [0, 0.05) is 37.8 Å². The maximum atomic E-state index is 10.4. The molecular weight excluding hydrogens is 194 g/mol. The number of rotatable bonds is 3. The minimum absolute atomic E-state index is 0.138. The molecule has 1 saturated heterocycles. The Morgan fingerprint density at radius 2 is 2.00 bits per heavy atom. The van der Waals surface area contributed by atoms with Crippen LogP contribution in [0.2, 0.25) is 0 Å².